The summed E-state index contributed by atoms with van der Waals surface area (Å²) in [5.74, 6) is -0.0250. The van der Waals surface area contributed by atoms with E-state index in [4.69, 9.17) is 4.74 Å². The van der Waals surface area contributed by atoms with Gasteiger partial charge in [-0.3, -0.25) is 9.59 Å². The van der Waals surface area contributed by atoms with E-state index in [1.807, 2.05) is 0 Å². The van der Waals surface area contributed by atoms with Crippen LogP contribution in [0.3, 0.4) is 0 Å². The molecular formula is C78H149NO5. The molecule has 6 heteroatoms. The Morgan fingerprint density at radius 2 is 0.595 bits per heavy atom. The van der Waals surface area contributed by atoms with Gasteiger partial charge in [0.2, 0.25) is 5.91 Å². The van der Waals surface area contributed by atoms with E-state index in [1.165, 1.54) is 340 Å². The first-order valence-electron chi connectivity index (χ1n) is 38.2. The van der Waals surface area contributed by atoms with Gasteiger partial charge in [0.25, 0.3) is 0 Å². The average molecular weight is 1180 g/mol. The minimum absolute atomic E-state index is 0.00372. The highest BCUT2D eigenvalue weighted by atomic mass is 16.5. The molecule has 6 nitrogen and oxygen atoms in total. The van der Waals surface area contributed by atoms with Crippen LogP contribution in [0.4, 0.5) is 0 Å². The summed E-state index contributed by atoms with van der Waals surface area (Å²) in [5, 5.41) is 23.5. The van der Waals surface area contributed by atoms with Crippen LogP contribution in [0.1, 0.15) is 425 Å². The van der Waals surface area contributed by atoms with Crippen LogP contribution in [0.15, 0.2) is 36.5 Å². The number of amides is 1. The third kappa shape index (κ3) is 69.2. The van der Waals surface area contributed by atoms with Gasteiger partial charge in [0.05, 0.1) is 25.4 Å². The summed E-state index contributed by atoms with van der Waals surface area (Å²) in [6, 6.07) is -0.542. The first-order chi connectivity index (χ1) is 41.5. The van der Waals surface area contributed by atoms with Crippen LogP contribution < -0.4 is 5.32 Å². The highest BCUT2D eigenvalue weighted by Gasteiger charge is 2.20. The van der Waals surface area contributed by atoms with Gasteiger partial charge in [-0.15, -0.1) is 0 Å². The Hall–Kier alpha value is -1.92. The molecule has 2 atom stereocenters. The van der Waals surface area contributed by atoms with E-state index >= 15 is 0 Å². The number of hydrogen-bond acceptors (Lipinski definition) is 5. The van der Waals surface area contributed by atoms with Crippen molar-refractivity contribution in [2.24, 2.45) is 0 Å². The van der Waals surface area contributed by atoms with Gasteiger partial charge in [-0.1, -0.05) is 365 Å². The molecule has 0 rings (SSSR count). The topological polar surface area (TPSA) is 95.9 Å². The fourth-order valence-electron chi connectivity index (χ4n) is 12.1. The van der Waals surface area contributed by atoms with Crippen LogP contribution in [0, 0.1) is 0 Å². The lowest BCUT2D eigenvalue weighted by Gasteiger charge is -2.22. The second kappa shape index (κ2) is 73.5. The van der Waals surface area contributed by atoms with Crippen LogP contribution in [-0.4, -0.2) is 47.4 Å². The minimum atomic E-state index is -0.665. The van der Waals surface area contributed by atoms with Gasteiger partial charge in [-0.25, -0.2) is 0 Å². The van der Waals surface area contributed by atoms with E-state index < -0.39 is 12.1 Å². The Morgan fingerprint density at radius 1 is 0.333 bits per heavy atom. The van der Waals surface area contributed by atoms with E-state index in [2.05, 4.69) is 55.6 Å². The van der Waals surface area contributed by atoms with E-state index in [0.717, 1.165) is 51.4 Å². The predicted octanol–water partition coefficient (Wildman–Crippen LogP) is 25.0. The molecule has 0 aromatic heterocycles. The second-order valence-corrected chi connectivity index (χ2v) is 26.3. The van der Waals surface area contributed by atoms with Gasteiger partial charge in [0.15, 0.2) is 0 Å². The van der Waals surface area contributed by atoms with Crippen LogP contribution in [0.25, 0.3) is 0 Å². The van der Waals surface area contributed by atoms with Crippen molar-refractivity contribution in [3.05, 3.63) is 36.5 Å². The van der Waals surface area contributed by atoms with Crippen molar-refractivity contribution >= 4 is 11.9 Å². The second-order valence-electron chi connectivity index (χ2n) is 26.3. The molecule has 0 aliphatic carbocycles. The summed E-state index contributed by atoms with van der Waals surface area (Å²) in [6.45, 7) is 4.96. The molecule has 496 valence electrons. The summed E-state index contributed by atoms with van der Waals surface area (Å²) in [6.07, 6.45) is 95.0. The Balaban J connectivity index is 3.37. The van der Waals surface area contributed by atoms with Crippen molar-refractivity contribution in [3.63, 3.8) is 0 Å². The molecule has 0 saturated carbocycles. The van der Waals surface area contributed by atoms with Crippen LogP contribution >= 0.6 is 0 Å². The lowest BCUT2D eigenvalue weighted by Crippen LogP contribution is -2.45. The average Bonchev–Trinajstić information content (AvgIpc) is 3.51. The van der Waals surface area contributed by atoms with E-state index in [9.17, 15) is 19.8 Å². The largest absolute Gasteiger partial charge is 0.466 e. The number of nitrogens with one attached hydrogen (secondary N) is 1. The minimum Gasteiger partial charge on any atom is -0.466 e. The maximum atomic E-state index is 12.6. The van der Waals surface area contributed by atoms with Gasteiger partial charge >= 0.3 is 5.97 Å². The van der Waals surface area contributed by atoms with Crippen molar-refractivity contribution in [3.8, 4) is 0 Å². The number of aliphatic hydroxyl groups excluding tert-OH is 2. The van der Waals surface area contributed by atoms with Gasteiger partial charge in [0.1, 0.15) is 0 Å². The van der Waals surface area contributed by atoms with Crippen molar-refractivity contribution in [2.45, 2.75) is 437 Å². The van der Waals surface area contributed by atoms with Gasteiger partial charge in [0, 0.05) is 12.8 Å². The lowest BCUT2D eigenvalue weighted by atomic mass is 10.0. The highest BCUT2D eigenvalue weighted by molar-refractivity contribution is 5.76. The molecule has 0 bridgehead atoms. The molecule has 0 spiro atoms. The fourth-order valence-corrected chi connectivity index (χ4v) is 12.1. The SMILES string of the molecule is CCCCC/C=C\C/C=C\CCCCCCCC(=O)OCCCCCCCCCCCCCC/C=C\CCCCCCCCCCCCCCCCC(=O)NC(CO)C(O)CCCCCCCCCCCCCCCCCCCCCCCC. The number of ether oxygens (including phenoxy) is 1. The zero-order valence-electron chi connectivity index (χ0n) is 56.9. The molecule has 0 saturated heterocycles. The smallest absolute Gasteiger partial charge is 0.305 e. The molecule has 0 fully saturated rings. The zero-order valence-corrected chi connectivity index (χ0v) is 56.9. The zero-order chi connectivity index (χ0) is 60.6. The van der Waals surface area contributed by atoms with Crippen LogP contribution in [0.2, 0.25) is 0 Å². The summed E-state index contributed by atoms with van der Waals surface area (Å²) in [4.78, 5) is 24.6. The third-order valence-electron chi connectivity index (χ3n) is 17.9. The monoisotopic (exact) mass is 1180 g/mol. The van der Waals surface area contributed by atoms with Crippen LogP contribution in [-0.2, 0) is 14.3 Å². The van der Waals surface area contributed by atoms with E-state index in [-0.39, 0.29) is 18.5 Å². The molecule has 0 radical (unpaired) electrons. The molecule has 84 heavy (non-hydrogen) atoms. The molecule has 2 unspecified atom stereocenters. The number of aliphatic hydroxyl groups is 2. The Morgan fingerprint density at radius 3 is 0.940 bits per heavy atom. The number of esters is 1. The van der Waals surface area contributed by atoms with Crippen molar-refractivity contribution < 1.29 is 24.5 Å². The van der Waals surface area contributed by atoms with Crippen LogP contribution in [0.5, 0.6) is 0 Å². The molecular weight excluding hydrogens is 1030 g/mol. The Bertz CT molecular complexity index is 1360. The quantitative estimate of drug-likeness (QED) is 0.0320. The highest BCUT2D eigenvalue weighted by Crippen LogP contribution is 2.19. The molecule has 0 aliphatic rings. The van der Waals surface area contributed by atoms with Crippen molar-refractivity contribution in [1.29, 1.82) is 0 Å². The molecule has 0 aliphatic heterocycles. The van der Waals surface area contributed by atoms with E-state index in [1.54, 1.807) is 0 Å². The van der Waals surface area contributed by atoms with Crippen molar-refractivity contribution in [2.75, 3.05) is 13.2 Å². The summed E-state index contributed by atoms with van der Waals surface area (Å²) < 4.78 is 5.49. The molecule has 0 heterocycles. The van der Waals surface area contributed by atoms with Crippen molar-refractivity contribution in [1.82, 2.24) is 5.32 Å². The third-order valence-corrected chi connectivity index (χ3v) is 17.9. The van der Waals surface area contributed by atoms with E-state index in [0.29, 0.717) is 25.9 Å². The Labute approximate surface area is 525 Å². The standard InChI is InChI=1S/C78H149NO5/c1-3-5-7-9-11-13-15-17-19-20-21-22-33-36-39-43-46-50-54-58-62-66-70-76(81)75(74-80)79-77(82)71-67-63-59-55-51-47-44-40-37-34-31-29-27-25-23-24-26-28-30-32-35-38-41-45-49-53-57-61-65-69-73-84-78(83)72-68-64-60-56-52-48-42-18-16-14-12-10-8-6-4-2/h12,14,18,24,26,42,75-76,80-81H,3-11,13,15-17,19-23,25,27-41,43-74H2,1-2H3,(H,79,82)/b14-12-,26-24-,42-18-. The summed E-state index contributed by atoms with van der Waals surface area (Å²) in [7, 11) is 0. The van der Waals surface area contributed by atoms with Gasteiger partial charge in [-0.2, -0.15) is 0 Å². The first-order valence-corrected chi connectivity index (χ1v) is 38.2. The number of rotatable bonds is 72. The molecule has 1 amide bonds. The number of allylic oxidation sites excluding steroid dienone is 6. The molecule has 0 aromatic carbocycles. The first kappa shape index (κ1) is 82.1. The fraction of sp³-hybridized carbons (Fsp3) is 0.897. The normalized spacial score (nSPS) is 12.7. The van der Waals surface area contributed by atoms with Gasteiger partial charge < -0.3 is 20.3 Å². The number of carbonyl (C=O) groups excluding carboxylic acids is 2. The molecule has 0 aromatic rings. The maximum Gasteiger partial charge on any atom is 0.305 e. The number of unbranched alkanes of at least 4 members (excludes halogenated alkanes) is 55. The number of hydrogen-bond donors (Lipinski definition) is 3. The lowest BCUT2D eigenvalue weighted by molar-refractivity contribution is -0.143. The molecule has 3 N–H and O–H groups in total. The summed E-state index contributed by atoms with van der Waals surface area (Å²) in [5.41, 5.74) is 0. The Kier molecular flexibility index (Phi) is 71.9. The summed E-state index contributed by atoms with van der Waals surface area (Å²) >= 11 is 0. The number of carbonyl (C=O) groups is 2. The van der Waals surface area contributed by atoms with Gasteiger partial charge in [-0.05, 0) is 83.5 Å². The predicted molar refractivity (Wildman–Crippen MR) is 370 cm³/mol. The maximum absolute atomic E-state index is 12.6.